The van der Waals surface area contributed by atoms with Gasteiger partial charge in [0, 0.05) is 49.5 Å². The fraction of sp³-hybridized carbons (Fsp3) is 0.615. The zero-order valence-electron chi connectivity index (χ0n) is 12.1. The number of ether oxygens (including phenoxy) is 1. The normalized spacial score (nSPS) is 19.2. The predicted octanol–water partition coefficient (Wildman–Crippen LogP) is 1.54. The Morgan fingerprint density at radius 3 is 2.81 bits per heavy atom. The van der Waals surface area contributed by atoms with Gasteiger partial charge >= 0.3 is 0 Å². The van der Waals surface area contributed by atoms with E-state index in [2.05, 4.69) is 0 Å². The molecule has 1 aromatic heterocycles. The first-order valence-corrected chi connectivity index (χ1v) is 9.10. The summed E-state index contributed by atoms with van der Waals surface area (Å²) in [6, 6.07) is 1.35. The van der Waals surface area contributed by atoms with Gasteiger partial charge in [0.15, 0.2) is 0 Å². The molecule has 0 saturated carbocycles. The van der Waals surface area contributed by atoms with E-state index in [1.807, 2.05) is 6.92 Å². The van der Waals surface area contributed by atoms with Crippen LogP contribution in [0, 0.1) is 5.92 Å². The average molecular weight is 335 g/mol. The molecule has 0 N–H and O–H groups in total. The van der Waals surface area contributed by atoms with Crippen LogP contribution < -0.4 is 0 Å². The van der Waals surface area contributed by atoms with Crippen LogP contribution in [0.4, 0.5) is 0 Å². The zero-order valence-corrected chi connectivity index (χ0v) is 13.7. The quantitative estimate of drug-likeness (QED) is 0.766. The highest BCUT2D eigenvalue weighted by Crippen LogP contribution is 2.23. The zero-order chi connectivity index (χ0) is 15.6. The Bertz CT molecular complexity index is 626. The Balaban J connectivity index is 2.22. The molecule has 1 fully saturated rings. The van der Waals surface area contributed by atoms with Crippen molar-refractivity contribution in [3.8, 4) is 0 Å². The second-order valence-corrected chi connectivity index (χ2v) is 7.71. The monoisotopic (exact) mass is 334 g/mol. The van der Waals surface area contributed by atoms with Gasteiger partial charge in [0.1, 0.15) is 10.6 Å². The third-order valence-electron chi connectivity index (χ3n) is 3.69. The molecule has 1 amide bonds. The van der Waals surface area contributed by atoms with Crippen molar-refractivity contribution in [1.29, 1.82) is 0 Å². The highest BCUT2D eigenvalue weighted by molar-refractivity contribution is 8.13. The van der Waals surface area contributed by atoms with Crippen molar-refractivity contribution in [2.75, 3.05) is 26.8 Å². The van der Waals surface area contributed by atoms with Crippen LogP contribution >= 0.6 is 10.7 Å². The number of methoxy groups -OCH3 is 1. The second-order valence-electron chi connectivity index (χ2n) is 5.15. The van der Waals surface area contributed by atoms with Crippen LogP contribution in [0.5, 0.6) is 0 Å². The van der Waals surface area contributed by atoms with E-state index in [0.29, 0.717) is 37.9 Å². The highest BCUT2D eigenvalue weighted by atomic mass is 35.7. The molecule has 1 aliphatic heterocycles. The van der Waals surface area contributed by atoms with Gasteiger partial charge < -0.3 is 14.2 Å². The number of carbonyl (C=O) groups excluding carboxylic acids is 1. The molecular formula is C13H19ClN2O4S. The van der Waals surface area contributed by atoms with Gasteiger partial charge in [-0.05, 0) is 19.4 Å². The van der Waals surface area contributed by atoms with Crippen LogP contribution in [0.1, 0.15) is 23.8 Å². The van der Waals surface area contributed by atoms with Gasteiger partial charge in [-0.2, -0.15) is 0 Å². The van der Waals surface area contributed by atoms with Crippen molar-refractivity contribution in [1.82, 2.24) is 9.47 Å². The van der Waals surface area contributed by atoms with E-state index in [-0.39, 0.29) is 10.8 Å². The number of nitrogens with zero attached hydrogens (tertiary/aromatic N) is 2. The maximum atomic E-state index is 12.5. The number of carbonyl (C=O) groups is 1. The van der Waals surface area contributed by atoms with Crippen molar-refractivity contribution in [2.45, 2.75) is 24.8 Å². The maximum Gasteiger partial charge on any atom is 0.270 e. The minimum atomic E-state index is -3.83. The number of halogens is 1. The Labute approximate surface area is 129 Å². The molecule has 1 aromatic rings. The Morgan fingerprint density at radius 2 is 2.24 bits per heavy atom. The van der Waals surface area contributed by atoms with E-state index >= 15 is 0 Å². The lowest BCUT2D eigenvalue weighted by Crippen LogP contribution is -2.30. The molecule has 0 spiro atoms. The van der Waals surface area contributed by atoms with Crippen LogP contribution in [0.25, 0.3) is 0 Å². The van der Waals surface area contributed by atoms with Gasteiger partial charge in [-0.3, -0.25) is 4.79 Å². The number of aryl methyl sites for hydroxylation is 1. The molecule has 8 heteroatoms. The van der Waals surface area contributed by atoms with Gasteiger partial charge in [0.25, 0.3) is 15.0 Å². The molecule has 0 aliphatic carbocycles. The molecule has 1 saturated heterocycles. The maximum absolute atomic E-state index is 12.5. The molecule has 1 aliphatic rings. The number of amides is 1. The van der Waals surface area contributed by atoms with Crippen LogP contribution in [0.2, 0.25) is 0 Å². The minimum Gasteiger partial charge on any atom is -0.384 e. The predicted molar refractivity (Wildman–Crippen MR) is 79.0 cm³/mol. The number of aromatic nitrogens is 1. The van der Waals surface area contributed by atoms with Gasteiger partial charge in [-0.15, -0.1) is 0 Å². The molecule has 0 radical (unpaired) electrons. The summed E-state index contributed by atoms with van der Waals surface area (Å²) in [6.45, 7) is 4.26. The van der Waals surface area contributed by atoms with E-state index in [9.17, 15) is 13.2 Å². The molecule has 0 aromatic carbocycles. The van der Waals surface area contributed by atoms with E-state index < -0.39 is 9.05 Å². The van der Waals surface area contributed by atoms with E-state index in [0.717, 1.165) is 6.42 Å². The average Bonchev–Trinajstić information content (AvgIpc) is 3.03. The lowest BCUT2D eigenvalue weighted by Gasteiger charge is -2.17. The first-order chi connectivity index (χ1) is 9.86. The smallest absolute Gasteiger partial charge is 0.270 e. The van der Waals surface area contributed by atoms with E-state index in [1.54, 1.807) is 16.6 Å². The summed E-state index contributed by atoms with van der Waals surface area (Å²) in [5.41, 5.74) is 0.356. The van der Waals surface area contributed by atoms with Crippen LogP contribution in [-0.2, 0) is 20.3 Å². The first kappa shape index (κ1) is 16.3. The molecule has 21 heavy (non-hydrogen) atoms. The fourth-order valence-corrected chi connectivity index (χ4v) is 3.37. The first-order valence-electron chi connectivity index (χ1n) is 6.79. The van der Waals surface area contributed by atoms with E-state index in [1.165, 1.54) is 12.3 Å². The topological polar surface area (TPSA) is 68.6 Å². The summed E-state index contributed by atoms with van der Waals surface area (Å²) in [5.74, 6) is 0.169. The Kier molecular flexibility index (Phi) is 4.95. The molecule has 0 bridgehead atoms. The van der Waals surface area contributed by atoms with Crippen LogP contribution in [-0.4, -0.2) is 50.6 Å². The molecule has 6 nitrogen and oxygen atoms in total. The molecule has 2 heterocycles. The minimum absolute atomic E-state index is 0.0398. The Morgan fingerprint density at radius 1 is 1.52 bits per heavy atom. The summed E-state index contributed by atoms with van der Waals surface area (Å²) in [6.07, 6.45) is 2.30. The number of hydrogen-bond donors (Lipinski definition) is 0. The molecule has 2 rings (SSSR count). The standard InChI is InChI=1S/C13H19ClN2O4S/c1-3-15-8-11(21(14,18)19)6-12(15)13(17)16-5-4-10(7-16)9-20-2/h6,8,10H,3-5,7,9H2,1-2H3. The summed E-state index contributed by atoms with van der Waals surface area (Å²) in [4.78, 5) is 14.2. The van der Waals surface area contributed by atoms with Crippen LogP contribution in [0.15, 0.2) is 17.2 Å². The third-order valence-corrected chi connectivity index (χ3v) is 5.01. The largest absolute Gasteiger partial charge is 0.384 e. The number of hydrogen-bond acceptors (Lipinski definition) is 4. The van der Waals surface area contributed by atoms with Gasteiger partial charge in [-0.25, -0.2) is 8.42 Å². The highest BCUT2D eigenvalue weighted by Gasteiger charge is 2.29. The summed E-state index contributed by atoms with van der Waals surface area (Å²) >= 11 is 0. The molecule has 118 valence electrons. The van der Waals surface area contributed by atoms with Gasteiger partial charge in [-0.1, -0.05) is 0 Å². The molecule has 1 atom stereocenters. The van der Waals surface area contributed by atoms with Crippen molar-refractivity contribution in [3.05, 3.63) is 18.0 Å². The SMILES string of the molecule is CCn1cc(S(=O)(=O)Cl)cc1C(=O)N1CCC(COC)C1. The molecular weight excluding hydrogens is 316 g/mol. The lowest BCUT2D eigenvalue weighted by molar-refractivity contribution is 0.0765. The summed E-state index contributed by atoms with van der Waals surface area (Å²) < 4.78 is 29.5. The summed E-state index contributed by atoms with van der Waals surface area (Å²) in [5, 5.41) is 0. The number of rotatable bonds is 5. The summed E-state index contributed by atoms with van der Waals surface area (Å²) in [7, 11) is 3.16. The van der Waals surface area contributed by atoms with Crippen LogP contribution in [0.3, 0.4) is 0 Å². The third kappa shape index (κ3) is 3.59. The molecule has 1 unspecified atom stereocenters. The van der Waals surface area contributed by atoms with Crippen molar-refractivity contribution >= 4 is 25.6 Å². The van der Waals surface area contributed by atoms with Gasteiger partial charge in [0.05, 0.1) is 6.61 Å². The van der Waals surface area contributed by atoms with E-state index in [4.69, 9.17) is 15.4 Å². The fourth-order valence-electron chi connectivity index (χ4n) is 2.61. The van der Waals surface area contributed by atoms with Gasteiger partial charge in [0.2, 0.25) is 0 Å². The number of likely N-dealkylation sites (tertiary alicyclic amines) is 1. The van der Waals surface area contributed by atoms with Crippen molar-refractivity contribution < 1.29 is 17.9 Å². The Hall–Kier alpha value is -1.05. The second kappa shape index (κ2) is 6.37. The lowest BCUT2D eigenvalue weighted by atomic mass is 10.1. The van der Waals surface area contributed by atoms with Crippen molar-refractivity contribution in [3.63, 3.8) is 0 Å². The van der Waals surface area contributed by atoms with Crippen molar-refractivity contribution in [2.24, 2.45) is 5.92 Å².